The van der Waals surface area contributed by atoms with Gasteiger partial charge in [0, 0.05) is 30.9 Å². The second-order valence-corrected chi connectivity index (χ2v) is 4.69. The van der Waals surface area contributed by atoms with Gasteiger partial charge in [-0.15, -0.1) is 0 Å². The maximum Gasteiger partial charge on any atom is 0.128 e. The van der Waals surface area contributed by atoms with Crippen molar-refractivity contribution >= 4 is 5.69 Å². The molecular weight excluding hydrogens is 215 g/mol. The third-order valence-electron chi connectivity index (χ3n) is 2.88. The number of nitrogens with two attached hydrogens (primary N) is 1. The molecule has 1 aromatic carbocycles. The highest BCUT2D eigenvalue weighted by atomic mass is 19.1. The third kappa shape index (κ3) is 4.00. The van der Waals surface area contributed by atoms with E-state index in [0.29, 0.717) is 6.42 Å². The van der Waals surface area contributed by atoms with E-state index in [0.717, 1.165) is 30.6 Å². The van der Waals surface area contributed by atoms with Gasteiger partial charge in [-0.2, -0.15) is 0 Å². The first-order valence-corrected chi connectivity index (χ1v) is 6.30. The Morgan fingerprint density at radius 1 is 1.41 bits per heavy atom. The van der Waals surface area contributed by atoms with Crippen molar-refractivity contribution < 1.29 is 4.39 Å². The van der Waals surface area contributed by atoms with Crippen LogP contribution in [0.15, 0.2) is 18.2 Å². The van der Waals surface area contributed by atoms with Crippen molar-refractivity contribution in [3.05, 3.63) is 29.6 Å². The van der Waals surface area contributed by atoms with Crippen molar-refractivity contribution in [3.63, 3.8) is 0 Å². The van der Waals surface area contributed by atoms with E-state index in [-0.39, 0.29) is 11.9 Å². The predicted molar refractivity (Wildman–Crippen MR) is 71.9 cm³/mol. The minimum absolute atomic E-state index is 0.0229. The Labute approximate surface area is 104 Å². The van der Waals surface area contributed by atoms with Gasteiger partial charge in [0.25, 0.3) is 0 Å². The van der Waals surface area contributed by atoms with E-state index in [2.05, 4.69) is 11.8 Å². The van der Waals surface area contributed by atoms with Crippen molar-refractivity contribution in [2.75, 3.05) is 18.5 Å². The second kappa shape index (κ2) is 6.60. The maximum absolute atomic E-state index is 13.8. The highest BCUT2D eigenvalue weighted by Gasteiger charge is 2.13. The molecule has 0 aliphatic rings. The average molecular weight is 238 g/mol. The standard InChI is InChI=1S/C14H23FN2/c1-4-5-9-17(3)14-8-6-7-13(15)12(14)10-11(2)16/h6-8,11H,4-5,9-10,16H2,1-3H3. The van der Waals surface area contributed by atoms with Gasteiger partial charge in [-0.25, -0.2) is 4.39 Å². The van der Waals surface area contributed by atoms with Crippen LogP contribution in [-0.2, 0) is 6.42 Å². The zero-order valence-corrected chi connectivity index (χ0v) is 11.0. The van der Waals surface area contributed by atoms with Crippen LogP contribution in [-0.4, -0.2) is 19.6 Å². The lowest BCUT2D eigenvalue weighted by Crippen LogP contribution is -2.24. The quantitative estimate of drug-likeness (QED) is 0.825. The van der Waals surface area contributed by atoms with E-state index in [1.54, 1.807) is 6.07 Å². The molecule has 0 amide bonds. The van der Waals surface area contributed by atoms with Crippen molar-refractivity contribution in [1.29, 1.82) is 0 Å². The molecule has 0 heterocycles. The summed E-state index contributed by atoms with van der Waals surface area (Å²) in [5.74, 6) is -0.150. The first-order valence-electron chi connectivity index (χ1n) is 6.30. The number of rotatable bonds is 6. The molecule has 0 aliphatic carbocycles. The van der Waals surface area contributed by atoms with E-state index in [9.17, 15) is 4.39 Å². The van der Waals surface area contributed by atoms with Crippen LogP contribution in [0.25, 0.3) is 0 Å². The fourth-order valence-electron chi connectivity index (χ4n) is 1.94. The van der Waals surface area contributed by atoms with Crippen LogP contribution in [0.5, 0.6) is 0 Å². The fourth-order valence-corrected chi connectivity index (χ4v) is 1.94. The number of anilines is 1. The summed E-state index contributed by atoms with van der Waals surface area (Å²) in [6.07, 6.45) is 2.84. The Morgan fingerprint density at radius 3 is 2.71 bits per heavy atom. The number of benzene rings is 1. The topological polar surface area (TPSA) is 29.3 Å². The van der Waals surface area contributed by atoms with Gasteiger partial charge in [-0.1, -0.05) is 19.4 Å². The molecule has 0 spiro atoms. The fraction of sp³-hybridized carbons (Fsp3) is 0.571. The van der Waals surface area contributed by atoms with Crippen LogP contribution in [0.4, 0.5) is 10.1 Å². The minimum Gasteiger partial charge on any atom is -0.374 e. The maximum atomic E-state index is 13.8. The molecule has 0 bridgehead atoms. The lowest BCUT2D eigenvalue weighted by molar-refractivity contribution is 0.594. The molecule has 0 radical (unpaired) electrons. The molecule has 0 aliphatic heterocycles. The molecule has 17 heavy (non-hydrogen) atoms. The monoisotopic (exact) mass is 238 g/mol. The minimum atomic E-state index is -0.150. The lowest BCUT2D eigenvalue weighted by Gasteiger charge is -2.23. The summed E-state index contributed by atoms with van der Waals surface area (Å²) in [6, 6.07) is 5.22. The largest absolute Gasteiger partial charge is 0.374 e. The van der Waals surface area contributed by atoms with Crippen LogP contribution < -0.4 is 10.6 Å². The zero-order chi connectivity index (χ0) is 12.8. The highest BCUT2D eigenvalue weighted by molar-refractivity contribution is 5.54. The average Bonchev–Trinajstić information content (AvgIpc) is 2.28. The van der Waals surface area contributed by atoms with E-state index in [4.69, 9.17) is 5.73 Å². The molecule has 0 saturated carbocycles. The Bertz CT molecular complexity index is 350. The SMILES string of the molecule is CCCCN(C)c1cccc(F)c1CC(C)N. The van der Waals surface area contributed by atoms with E-state index < -0.39 is 0 Å². The first kappa shape index (κ1) is 14.0. The van der Waals surface area contributed by atoms with Crippen molar-refractivity contribution in [3.8, 4) is 0 Å². The number of unbranched alkanes of at least 4 members (excludes halogenated alkanes) is 1. The predicted octanol–water partition coefficient (Wildman–Crippen LogP) is 2.95. The van der Waals surface area contributed by atoms with Gasteiger partial charge in [0.05, 0.1) is 0 Å². The van der Waals surface area contributed by atoms with E-state index >= 15 is 0 Å². The van der Waals surface area contributed by atoms with Crippen LogP contribution in [0.1, 0.15) is 32.3 Å². The molecule has 1 unspecified atom stereocenters. The highest BCUT2D eigenvalue weighted by Crippen LogP contribution is 2.23. The van der Waals surface area contributed by atoms with Crippen LogP contribution >= 0.6 is 0 Å². The number of hydrogen-bond acceptors (Lipinski definition) is 2. The summed E-state index contributed by atoms with van der Waals surface area (Å²) in [5, 5.41) is 0. The Hall–Kier alpha value is -1.09. The smallest absolute Gasteiger partial charge is 0.128 e. The molecule has 3 heteroatoms. The molecule has 2 N–H and O–H groups in total. The molecule has 0 aromatic heterocycles. The summed E-state index contributed by atoms with van der Waals surface area (Å²) in [5.41, 5.74) is 7.48. The number of halogens is 1. The van der Waals surface area contributed by atoms with Crippen molar-refractivity contribution in [2.45, 2.75) is 39.2 Å². The zero-order valence-electron chi connectivity index (χ0n) is 11.0. The third-order valence-corrected chi connectivity index (χ3v) is 2.88. The molecule has 0 saturated heterocycles. The van der Waals surface area contributed by atoms with E-state index in [1.165, 1.54) is 6.07 Å². The molecule has 0 fully saturated rings. The molecule has 2 nitrogen and oxygen atoms in total. The summed E-state index contributed by atoms with van der Waals surface area (Å²) in [6.45, 7) is 5.01. The van der Waals surface area contributed by atoms with Gasteiger partial charge in [0.2, 0.25) is 0 Å². The van der Waals surface area contributed by atoms with Gasteiger partial charge in [0.1, 0.15) is 5.82 Å². The van der Waals surface area contributed by atoms with Gasteiger partial charge < -0.3 is 10.6 Å². The Kier molecular flexibility index (Phi) is 5.42. The molecular formula is C14H23FN2. The molecule has 1 rings (SSSR count). The van der Waals surface area contributed by atoms with Gasteiger partial charge in [-0.3, -0.25) is 0 Å². The van der Waals surface area contributed by atoms with Gasteiger partial charge in [0.15, 0.2) is 0 Å². The summed E-state index contributed by atoms with van der Waals surface area (Å²) in [4.78, 5) is 2.12. The Morgan fingerprint density at radius 2 is 2.12 bits per heavy atom. The van der Waals surface area contributed by atoms with Crippen LogP contribution in [0.3, 0.4) is 0 Å². The van der Waals surface area contributed by atoms with Crippen molar-refractivity contribution in [1.82, 2.24) is 0 Å². The molecule has 96 valence electrons. The van der Waals surface area contributed by atoms with Crippen LogP contribution in [0, 0.1) is 5.82 Å². The second-order valence-electron chi connectivity index (χ2n) is 4.69. The van der Waals surface area contributed by atoms with Gasteiger partial charge in [-0.05, 0) is 31.9 Å². The summed E-state index contributed by atoms with van der Waals surface area (Å²) < 4.78 is 13.8. The van der Waals surface area contributed by atoms with Gasteiger partial charge >= 0.3 is 0 Å². The molecule has 1 aromatic rings. The summed E-state index contributed by atoms with van der Waals surface area (Å²) >= 11 is 0. The Balaban J connectivity index is 2.92. The first-order chi connectivity index (χ1) is 8.06. The summed E-state index contributed by atoms with van der Waals surface area (Å²) in [7, 11) is 2.01. The number of hydrogen-bond donors (Lipinski definition) is 1. The molecule has 1 atom stereocenters. The normalized spacial score (nSPS) is 12.5. The van der Waals surface area contributed by atoms with Crippen molar-refractivity contribution in [2.24, 2.45) is 5.73 Å². The van der Waals surface area contributed by atoms with Crippen LogP contribution in [0.2, 0.25) is 0 Å². The number of nitrogens with zero attached hydrogens (tertiary/aromatic N) is 1. The lowest BCUT2D eigenvalue weighted by atomic mass is 10.0. The van der Waals surface area contributed by atoms with E-state index in [1.807, 2.05) is 20.0 Å².